The number of amides is 1. The highest BCUT2D eigenvalue weighted by atomic mass is 35.5. The Kier molecular flexibility index (Phi) is 7.65. The summed E-state index contributed by atoms with van der Waals surface area (Å²) in [6.07, 6.45) is 2.96. The van der Waals surface area contributed by atoms with Crippen molar-refractivity contribution in [3.05, 3.63) is 94.7 Å². The third-order valence-corrected chi connectivity index (χ3v) is 5.99. The van der Waals surface area contributed by atoms with Crippen LogP contribution in [0.15, 0.2) is 67.0 Å². The van der Waals surface area contributed by atoms with Crippen LogP contribution >= 0.6 is 11.6 Å². The van der Waals surface area contributed by atoms with Crippen LogP contribution in [0.1, 0.15) is 21.6 Å². The first kappa shape index (κ1) is 24.9. The summed E-state index contributed by atoms with van der Waals surface area (Å²) in [6, 6.07) is 16.2. The number of nitrogens with zero attached hydrogens (tertiary/aromatic N) is 2. The Labute approximate surface area is 213 Å². The Morgan fingerprint density at radius 2 is 1.78 bits per heavy atom. The zero-order chi connectivity index (χ0) is 25.7. The number of hydrogen-bond donors (Lipinski definition) is 2. The van der Waals surface area contributed by atoms with Gasteiger partial charge in [-0.25, -0.2) is 4.98 Å². The summed E-state index contributed by atoms with van der Waals surface area (Å²) in [5.74, 6) is -0.661. The summed E-state index contributed by atoms with van der Waals surface area (Å²) >= 11 is 6.37. The van der Waals surface area contributed by atoms with Crippen LogP contribution in [0, 0.1) is 12.7 Å². The number of benzene rings is 2. The van der Waals surface area contributed by atoms with E-state index < -0.39 is 11.7 Å². The van der Waals surface area contributed by atoms with Crippen LogP contribution in [0.25, 0.3) is 11.1 Å². The summed E-state index contributed by atoms with van der Waals surface area (Å²) in [5, 5.41) is 6.52. The molecule has 1 amide bonds. The highest BCUT2D eigenvalue weighted by molar-refractivity contribution is 6.33. The van der Waals surface area contributed by atoms with Gasteiger partial charge >= 0.3 is 0 Å². The predicted molar refractivity (Wildman–Crippen MR) is 138 cm³/mol. The number of carbonyl (C=O) groups excluding carboxylic acids is 1. The molecule has 0 spiro atoms. The summed E-state index contributed by atoms with van der Waals surface area (Å²) in [4.78, 5) is 21.1. The fourth-order valence-electron chi connectivity index (χ4n) is 3.73. The van der Waals surface area contributed by atoms with E-state index in [9.17, 15) is 9.18 Å². The maximum atomic E-state index is 14.4. The molecule has 0 atom stereocenters. The molecule has 4 rings (SSSR count). The van der Waals surface area contributed by atoms with Crippen molar-refractivity contribution in [3.8, 4) is 22.8 Å². The van der Waals surface area contributed by atoms with Gasteiger partial charge in [-0.3, -0.25) is 9.78 Å². The smallest absolute Gasteiger partial charge is 0.274 e. The number of hydrogen-bond acceptors (Lipinski definition) is 6. The van der Waals surface area contributed by atoms with Crippen molar-refractivity contribution in [2.45, 2.75) is 13.5 Å². The molecule has 0 saturated heterocycles. The van der Waals surface area contributed by atoms with Crippen LogP contribution in [-0.2, 0) is 6.54 Å². The van der Waals surface area contributed by atoms with E-state index in [1.165, 1.54) is 32.7 Å². The van der Waals surface area contributed by atoms with Gasteiger partial charge in [0.1, 0.15) is 11.4 Å². The van der Waals surface area contributed by atoms with Gasteiger partial charge in [0.15, 0.2) is 0 Å². The predicted octanol–water partition coefficient (Wildman–Crippen LogP) is 6.13. The Balaban J connectivity index is 1.52. The lowest BCUT2D eigenvalue weighted by Gasteiger charge is -2.15. The van der Waals surface area contributed by atoms with Crippen molar-refractivity contribution in [2.75, 3.05) is 24.9 Å². The third-order valence-electron chi connectivity index (χ3n) is 5.66. The number of ether oxygens (including phenoxy) is 2. The molecule has 0 aliphatic rings. The molecule has 0 radical (unpaired) electrons. The average Bonchev–Trinajstić information content (AvgIpc) is 2.89. The molecule has 9 heteroatoms. The van der Waals surface area contributed by atoms with E-state index in [1.807, 2.05) is 49.4 Å². The number of nitrogens with one attached hydrogen (secondary N) is 2. The lowest BCUT2D eigenvalue weighted by molar-refractivity contribution is 0.102. The molecule has 0 aliphatic carbocycles. The number of pyridine rings is 2. The Hall–Kier alpha value is -4.17. The Morgan fingerprint density at radius 3 is 2.53 bits per heavy atom. The summed E-state index contributed by atoms with van der Waals surface area (Å²) in [7, 11) is 2.84. The van der Waals surface area contributed by atoms with Gasteiger partial charge in [-0.05, 0) is 36.2 Å². The lowest BCUT2D eigenvalue weighted by atomic mass is 9.99. The maximum absolute atomic E-state index is 14.4. The van der Waals surface area contributed by atoms with Gasteiger partial charge in [0.2, 0.25) is 5.82 Å². The first-order chi connectivity index (χ1) is 17.4. The average molecular weight is 507 g/mol. The van der Waals surface area contributed by atoms with E-state index in [0.717, 1.165) is 16.7 Å². The van der Waals surface area contributed by atoms with Crippen LogP contribution in [-0.4, -0.2) is 30.1 Å². The normalized spacial score (nSPS) is 10.6. The third kappa shape index (κ3) is 5.23. The minimum atomic E-state index is -0.600. The summed E-state index contributed by atoms with van der Waals surface area (Å²) in [5.41, 5.74) is 4.36. The molecule has 0 aliphatic heterocycles. The molecule has 0 saturated carbocycles. The number of halogens is 2. The van der Waals surface area contributed by atoms with Crippen LogP contribution in [0.5, 0.6) is 11.6 Å². The van der Waals surface area contributed by atoms with Gasteiger partial charge in [0.05, 0.1) is 19.9 Å². The summed E-state index contributed by atoms with van der Waals surface area (Å²) in [6.45, 7) is 2.13. The minimum absolute atomic E-state index is 0.106. The van der Waals surface area contributed by atoms with E-state index in [1.54, 1.807) is 6.07 Å². The quantitative estimate of drug-likeness (QED) is 0.299. The van der Waals surface area contributed by atoms with E-state index in [2.05, 4.69) is 20.6 Å². The monoisotopic (exact) mass is 506 g/mol. The summed E-state index contributed by atoms with van der Waals surface area (Å²) < 4.78 is 24.7. The Morgan fingerprint density at radius 1 is 1.00 bits per heavy atom. The number of methoxy groups -OCH3 is 2. The van der Waals surface area contributed by atoms with Crippen molar-refractivity contribution in [2.24, 2.45) is 0 Å². The fraction of sp³-hybridized carbons (Fsp3) is 0.148. The largest absolute Gasteiger partial charge is 0.496 e. The molecule has 2 aromatic carbocycles. The maximum Gasteiger partial charge on any atom is 0.274 e. The van der Waals surface area contributed by atoms with Crippen LogP contribution in [0.2, 0.25) is 5.02 Å². The first-order valence-corrected chi connectivity index (χ1v) is 11.4. The van der Waals surface area contributed by atoms with E-state index in [0.29, 0.717) is 22.0 Å². The lowest BCUT2D eigenvalue weighted by Crippen LogP contribution is -2.15. The molecule has 2 N–H and O–H groups in total. The Bertz CT molecular complexity index is 1410. The topological polar surface area (TPSA) is 85.4 Å². The van der Waals surface area contributed by atoms with Crippen molar-refractivity contribution >= 4 is 28.9 Å². The molecule has 0 unspecified atom stereocenters. The van der Waals surface area contributed by atoms with Crippen molar-refractivity contribution < 1.29 is 18.7 Å². The van der Waals surface area contributed by atoms with E-state index in [-0.39, 0.29) is 23.8 Å². The van der Waals surface area contributed by atoms with Crippen LogP contribution < -0.4 is 20.1 Å². The van der Waals surface area contributed by atoms with Crippen molar-refractivity contribution in [3.63, 3.8) is 0 Å². The van der Waals surface area contributed by atoms with Crippen LogP contribution in [0.4, 0.5) is 15.8 Å². The van der Waals surface area contributed by atoms with Gasteiger partial charge < -0.3 is 20.1 Å². The van der Waals surface area contributed by atoms with E-state index >= 15 is 0 Å². The molecule has 0 fully saturated rings. The second-order valence-electron chi connectivity index (χ2n) is 7.83. The zero-order valence-electron chi connectivity index (χ0n) is 19.9. The highest BCUT2D eigenvalue weighted by Crippen LogP contribution is 2.33. The van der Waals surface area contributed by atoms with E-state index in [4.69, 9.17) is 21.1 Å². The molecular weight excluding hydrogens is 483 g/mol. The highest BCUT2D eigenvalue weighted by Gasteiger charge is 2.16. The molecule has 184 valence electrons. The number of carbonyl (C=O) groups is 1. The fourth-order valence-corrected chi connectivity index (χ4v) is 3.97. The number of aromatic nitrogens is 2. The first-order valence-electron chi connectivity index (χ1n) is 11.0. The second kappa shape index (κ2) is 11.0. The van der Waals surface area contributed by atoms with Gasteiger partial charge in [0, 0.05) is 46.8 Å². The minimum Gasteiger partial charge on any atom is -0.496 e. The van der Waals surface area contributed by atoms with Gasteiger partial charge in [-0.15, -0.1) is 0 Å². The molecule has 4 aromatic rings. The van der Waals surface area contributed by atoms with Gasteiger partial charge in [0.25, 0.3) is 11.8 Å². The van der Waals surface area contributed by atoms with Gasteiger partial charge in [-0.1, -0.05) is 41.9 Å². The molecule has 2 aromatic heterocycles. The van der Waals surface area contributed by atoms with Crippen molar-refractivity contribution in [1.29, 1.82) is 0 Å². The SMILES string of the molecule is COc1cc(C(=O)Nc2cccc(-c3ccccc3Cl)c2C)ncc1CNc1ccnc(OC)c1F. The van der Waals surface area contributed by atoms with Crippen LogP contribution in [0.3, 0.4) is 0 Å². The molecule has 36 heavy (non-hydrogen) atoms. The molecule has 7 nitrogen and oxygen atoms in total. The molecule has 0 bridgehead atoms. The number of rotatable bonds is 8. The molecular formula is C27H24ClFN4O3. The zero-order valence-corrected chi connectivity index (χ0v) is 20.7. The number of anilines is 2. The second-order valence-corrected chi connectivity index (χ2v) is 8.24. The standard InChI is InChI=1S/C27H24ClFN4O3/c1-16-18(19-7-4-5-9-20(19)28)8-6-10-21(16)33-26(34)23-13-24(35-2)17(15-32-23)14-31-22-11-12-30-27(36-3)25(22)29/h4-13,15H,14H2,1-3H3,(H,30,31)(H,33,34). The van der Waals surface area contributed by atoms with Crippen molar-refractivity contribution in [1.82, 2.24) is 9.97 Å². The molecule has 2 heterocycles. The van der Waals surface area contributed by atoms with Gasteiger partial charge in [-0.2, -0.15) is 4.39 Å².